The minimum atomic E-state index is -9.24. The molecule has 1 atom stereocenters. The first kappa shape index (κ1) is 33.7. The monoisotopic (exact) mass is 601 g/mol. The van der Waals surface area contributed by atoms with Gasteiger partial charge in [0.2, 0.25) is 0 Å². The predicted molar refractivity (Wildman–Crippen MR) is 63.6 cm³/mol. The number of hydrogen-bond donors (Lipinski definition) is 0. The highest BCUT2D eigenvalue weighted by molar-refractivity contribution is 8.01. The van der Waals surface area contributed by atoms with Crippen LogP contribution in [-0.4, -0.2) is 58.4 Å². The van der Waals surface area contributed by atoms with Gasteiger partial charge in [0, 0.05) is 11.8 Å². The Labute approximate surface area is 178 Å². The molecule has 0 heterocycles. The normalized spacial score (nSPS) is 18.2. The first-order valence-electron chi connectivity index (χ1n) is 7.00. The highest BCUT2D eigenvalue weighted by Crippen LogP contribution is 2.68. The van der Waals surface area contributed by atoms with Gasteiger partial charge in [0.05, 0.1) is 0 Å². The average molecular weight is 601 g/mol. The third-order valence-electron chi connectivity index (χ3n) is 3.52. The summed E-state index contributed by atoms with van der Waals surface area (Å²) in [6, 6.07) is 0. The molecule has 0 amide bonds. The van der Waals surface area contributed by atoms with Gasteiger partial charge in [-0.25, -0.2) is 8.78 Å². The smallest absolute Gasteiger partial charge is 0.222 e. The lowest BCUT2D eigenvalue weighted by atomic mass is 9.88. The van der Waals surface area contributed by atoms with Crippen LogP contribution in [-0.2, 0) is 0 Å². The van der Waals surface area contributed by atoms with E-state index in [0.29, 0.717) is 0 Å². The van der Waals surface area contributed by atoms with E-state index in [1.54, 1.807) is 0 Å². The molecule has 0 saturated carbocycles. The van der Waals surface area contributed by atoms with E-state index in [1.165, 1.54) is 0 Å². The van der Waals surface area contributed by atoms with Crippen LogP contribution in [0.25, 0.3) is 0 Å². The number of halogens is 23. The fourth-order valence-corrected chi connectivity index (χ4v) is 2.46. The molecule has 0 aliphatic carbocycles. The highest BCUT2D eigenvalue weighted by atomic mass is 32.2. The molecule has 0 saturated heterocycles. The van der Waals surface area contributed by atoms with E-state index < -0.39 is 76.3 Å². The summed E-state index contributed by atoms with van der Waals surface area (Å²) < 4.78 is 294. The zero-order valence-corrected chi connectivity index (χ0v) is 15.4. The summed E-state index contributed by atoms with van der Waals surface area (Å²) in [4.78, 5) is 0. The quantitative estimate of drug-likeness (QED) is 0.252. The van der Waals surface area contributed by atoms with Gasteiger partial charge in [0.25, 0.3) is 0 Å². The predicted octanol–water partition coefficient (Wildman–Crippen LogP) is 8.34. The SMILES string of the molecule is F[C](C(F)(F)F)C(F)(F)C(F)(F)C(F)(F)C(F)(F)C(F)(F)C(F)(F)C(F)(SC(F)(F)F)C(F)(F)F. The van der Waals surface area contributed by atoms with Crippen LogP contribution in [0.4, 0.5) is 101 Å². The highest BCUT2D eigenvalue weighted by Gasteiger charge is 2.96. The van der Waals surface area contributed by atoms with Crippen LogP contribution in [0.1, 0.15) is 0 Å². The van der Waals surface area contributed by atoms with E-state index in [0.717, 1.165) is 0 Å². The molecule has 0 bridgehead atoms. The molecule has 211 valence electrons. The van der Waals surface area contributed by atoms with Crippen molar-refractivity contribution in [2.45, 2.75) is 58.4 Å². The maximum Gasteiger partial charge on any atom is 0.445 e. The van der Waals surface area contributed by atoms with Crippen molar-refractivity contribution in [1.82, 2.24) is 0 Å². The van der Waals surface area contributed by atoms with E-state index in [9.17, 15) is 101 Å². The van der Waals surface area contributed by atoms with Crippen LogP contribution in [0, 0.1) is 6.17 Å². The Morgan fingerprint density at radius 3 is 0.943 bits per heavy atom. The summed E-state index contributed by atoms with van der Waals surface area (Å²) in [5.74, 6) is -53.7. The first-order chi connectivity index (χ1) is 14.6. The van der Waals surface area contributed by atoms with Crippen LogP contribution in [0.3, 0.4) is 0 Å². The Hall–Kier alpha value is -1.26. The van der Waals surface area contributed by atoms with Crippen molar-refractivity contribution in [3.8, 4) is 0 Å². The van der Waals surface area contributed by atoms with Gasteiger partial charge in [0.1, 0.15) is 0 Å². The van der Waals surface area contributed by atoms with Crippen LogP contribution in [0.5, 0.6) is 0 Å². The molecule has 0 rings (SSSR count). The number of alkyl halides is 22. The fraction of sp³-hybridized carbons (Fsp3) is 0.909. The van der Waals surface area contributed by atoms with E-state index in [2.05, 4.69) is 0 Å². The minimum absolute atomic E-state index is 3.96. The van der Waals surface area contributed by atoms with Gasteiger partial charge in [-0.1, -0.05) is 0 Å². The lowest BCUT2D eigenvalue weighted by Crippen LogP contribution is -2.75. The first-order valence-corrected chi connectivity index (χ1v) is 7.82. The molecule has 0 aliphatic heterocycles. The topological polar surface area (TPSA) is 0 Å². The molecule has 0 N–H and O–H groups in total. The second kappa shape index (κ2) is 8.38. The molecule has 0 aromatic rings. The Kier molecular flexibility index (Phi) is 8.08. The fourth-order valence-electron chi connectivity index (χ4n) is 1.77. The summed E-state index contributed by atoms with van der Waals surface area (Å²) in [5, 5.41) is -8.14. The summed E-state index contributed by atoms with van der Waals surface area (Å²) in [6.07, 6.45) is -21.2. The van der Waals surface area contributed by atoms with E-state index in [1.807, 2.05) is 0 Å². The average Bonchev–Trinajstić information content (AvgIpc) is 2.56. The molecule has 0 spiro atoms. The van der Waals surface area contributed by atoms with Crippen molar-refractivity contribution in [3.05, 3.63) is 6.17 Å². The zero-order chi connectivity index (χ0) is 29.3. The number of thioether (sulfide) groups is 1. The molecule has 24 heteroatoms. The van der Waals surface area contributed by atoms with Crippen molar-refractivity contribution in [2.75, 3.05) is 0 Å². The second-order valence-electron chi connectivity index (χ2n) is 5.90. The zero-order valence-electron chi connectivity index (χ0n) is 14.6. The maximum absolute atomic E-state index is 13.6. The minimum Gasteiger partial charge on any atom is -0.222 e. The summed E-state index contributed by atoms with van der Waals surface area (Å²) in [5.41, 5.74) is -7.09. The lowest BCUT2D eigenvalue weighted by Gasteiger charge is -2.44. The van der Waals surface area contributed by atoms with Gasteiger partial charge in [-0.3, -0.25) is 0 Å². The Morgan fingerprint density at radius 1 is 0.400 bits per heavy atom. The molecule has 0 aromatic carbocycles. The van der Waals surface area contributed by atoms with E-state index in [4.69, 9.17) is 0 Å². The maximum atomic E-state index is 13.6. The molecule has 0 aromatic heterocycles. The van der Waals surface area contributed by atoms with Gasteiger partial charge < -0.3 is 0 Å². The lowest BCUT2D eigenvalue weighted by molar-refractivity contribution is -0.441. The number of hydrogen-bond acceptors (Lipinski definition) is 1. The summed E-state index contributed by atoms with van der Waals surface area (Å²) in [7, 11) is 0. The van der Waals surface area contributed by atoms with Gasteiger partial charge in [-0.15, -0.1) is 0 Å². The standard InChI is InChI=1S/C11F23S/c12-1(3(15,16)17)2(13,14)4(18,19)5(20,21)6(22,23)7(24,25)8(26,27)9(28,10(29,30)31)35-11(32,33)34. The van der Waals surface area contributed by atoms with Crippen molar-refractivity contribution in [2.24, 2.45) is 0 Å². The molecule has 35 heavy (non-hydrogen) atoms. The molecule has 0 nitrogen and oxygen atoms in total. The van der Waals surface area contributed by atoms with Crippen LogP contribution >= 0.6 is 11.8 Å². The van der Waals surface area contributed by atoms with Gasteiger partial charge in [0.15, 0.2) is 0 Å². The van der Waals surface area contributed by atoms with Crippen molar-refractivity contribution in [1.29, 1.82) is 0 Å². The van der Waals surface area contributed by atoms with Crippen molar-refractivity contribution >= 4 is 11.8 Å². The summed E-state index contributed by atoms with van der Waals surface area (Å²) >= 11 is -3.96. The van der Waals surface area contributed by atoms with Crippen LogP contribution in [0.15, 0.2) is 0 Å². The van der Waals surface area contributed by atoms with E-state index >= 15 is 0 Å². The molecular weight excluding hydrogens is 601 g/mol. The Balaban J connectivity index is 7.13. The largest absolute Gasteiger partial charge is 0.445 e. The molecule has 1 radical (unpaired) electrons. The number of rotatable bonds is 8. The molecule has 0 aliphatic rings. The van der Waals surface area contributed by atoms with Crippen LogP contribution in [0.2, 0.25) is 0 Å². The van der Waals surface area contributed by atoms with Crippen LogP contribution < -0.4 is 0 Å². The Morgan fingerprint density at radius 2 is 0.686 bits per heavy atom. The van der Waals surface area contributed by atoms with Gasteiger partial charge >= 0.3 is 64.6 Å². The van der Waals surface area contributed by atoms with Gasteiger partial charge in [-0.2, -0.15) is 92.2 Å². The molecule has 0 fully saturated rings. The second-order valence-corrected chi connectivity index (χ2v) is 7.13. The molecule has 1 unspecified atom stereocenters. The van der Waals surface area contributed by atoms with Gasteiger partial charge in [-0.05, 0) is 0 Å². The Bertz CT molecular complexity index is 753. The summed E-state index contributed by atoms with van der Waals surface area (Å²) in [6.45, 7) is 0. The van der Waals surface area contributed by atoms with Crippen molar-refractivity contribution < 1.29 is 101 Å². The van der Waals surface area contributed by atoms with Crippen molar-refractivity contribution in [3.63, 3.8) is 0 Å². The van der Waals surface area contributed by atoms with E-state index in [-0.39, 0.29) is 0 Å². The third kappa shape index (κ3) is 4.87. The molecular formula is C11F23S. The third-order valence-corrected chi connectivity index (χ3v) is 4.52.